The Labute approximate surface area is 381 Å². The zero-order valence-corrected chi connectivity index (χ0v) is 37.7. The van der Waals surface area contributed by atoms with Crippen LogP contribution in [0.25, 0.3) is 87.2 Å². The molecular formula is C58H50N8+4. The lowest BCUT2D eigenvalue weighted by atomic mass is 9.96. The fourth-order valence-electron chi connectivity index (χ4n) is 10.9. The summed E-state index contributed by atoms with van der Waals surface area (Å²) in [5.41, 5.74) is 15.0. The van der Waals surface area contributed by atoms with Gasteiger partial charge in [-0.2, -0.15) is 0 Å². The molecule has 0 aliphatic carbocycles. The van der Waals surface area contributed by atoms with Crippen LogP contribution in [0, 0.1) is 0 Å². The van der Waals surface area contributed by atoms with E-state index in [1.165, 1.54) is 109 Å². The van der Waals surface area contributed by atoms with Gasteiger partial charge in [-0.3, -0.25) is 0 Å². The van der Waals surface area contributed by atoms with Crippen molar-refractivity contribution in [3.8, 4) is 0 Å². The lowest BCUT2D eigenvalue weighted by Gasteiger charge is -2.15. The number of aryl methyl sites for hydroxylation is 4. The van der Waals surface area contributed by atoms with E-state index in [2.05, 4.69) is 248 Å². The van der Waals surface area contributed by atoms with Crippen LogP contribution in [-0.4, -0.2) is 18.3 Å². The van der Waals surface area contributed by atoms with Crippen molar-refractivity contribution in [2.75, 3.05) is 0 Å². The lowest BCUT2D eigenvalue weighted by Crippen LogP contribution is -2.26. The summed E-state index contributed by atoms with van der Waals surface area (Å²) in [6.07, 6.45) is 9.11. The molecule has 0 aliphatic rings. The first-order valence-electron chi connectivity index (χ1n) is 22.9. The molecule has 13 aromatic rings. The molecular weight excluding hydrogens is 809 g/mol. The number of aromatic nitrogens is 8. The molecule has 8 heteroatoms. The predicted molar refractivity (Wildman–Crippen MR) is 265 cm³/mol. The number of hydrogen-bond acceptors (Lipinski definition) is 0. The summed E-state index contributed by atoms with van der Waals surface area (Å²) < 4.78 is 18.9. The Morgan fingerprint density at radius 3 is 0.682 bits per heavy atom. The van der Waals surface area contributed by atoms with Gasteiger partial charge in [-0.1, -0.05) is 97.1 Å². The van der Waals surface area contributed by atoms with Crippen LogP contribution in [0.3, 0.4) is 0 Å². The SMILES string of the molecule is C[n+]1cn(Cc2cc(Cn3c[n+](C)c4cc5ccccc5cc43)c(Cn3c[n+](C)c4cc5ccccc5cc43)cc2Cn2c[n+](C)c3cc4ccccc4cc32)c2cc3ccccc3cc21. The quantitative estimate of drug-likeness (QED) is 0.137. The summed E-state index contributed by atoms with van der Waals surface area (Å²) in [6.45, 7) is 2.91. The minimum Gasteiger partial charge on any atom is -0.233 e. The van der Waals surface area contributed by atoms with Crippen molar-refractivity contribution in [2.24, 2.45) is 28.2 Å². The first kappa shape index (κ1) is 38.4. The molecule has 0 bridgehead atoms. The van der Waals surface area contributed by atoms with Gasteiger partial charge in [0.25, 0.3) is 0 Å². The second kappa shape index (κ2) is 14.7. The molecule has 4 aromatic heterocycles. The molecule has 13 rings (SSSR count). The van der Waals surface area contributed by atoms with Crippen LogP contribution < -0.4 is 18.3 Å². The highest BCUT2D eigenvalue weighted by Crippen LogP contribution is 2.30. The zero-order chi connectivity index (χ0) is 44.2. The van der Waals surface area contributed by atoms with E-state index < -0.39 is 0 Å². The first-order valence-corrected chi connectivity index (χ1v) is 22.9. The first-order chi connectivity index (χ1) is 32.3. The average molecular weight is 859 g/mol. The number of benzene rings is 9. The topological polar surface area (TPSA) is 35.2 Å². The zero-order valence-electron chi connectivity index (χ0n) is 37.7. The van der Waals surface area contributed by atoms with E-state index in [0.717, 1.165) is 26.2 Å². The molecule has 4 heterocycles. The summed E-state index contributed by atoms with van der Waals surface area (Å²) in [7, 11) is 8.69. The van der Waals surface area contributed by atoms with E-state index in [4.69, 9.17) is 0 Å². The minimum absolute atomic E-state index is 0.727. The molecule has 0 amide bonds. The largest absolute Gasteiger partial charge is 0.244 e. The van der Waals surface area contributed by atoms with Crippen LogP contribution in [0.4, 0.5) is 0 Å². The van der Waals surface area contributed by atoms with Crippen molar-refractivity contribution < 1.29 is 18.3 Å². The summed E-state index contributed by atoms with van der Waals surface area (Å²) >= 11 is 0. The molecule has 0 saturated heterocycles. The van der Waals surface area contributed by atoms with Crippen molar-refractivity contribution in [3.05, 3.63) is 205 Å². The number of fused-ring (bicyclic) bond motifs is 8. The maximum Gasteiger partial charge on any atom is 0.244 e. The maximum absolute atomic E-state index is 2.53. The second-order valence-electron chi connectivity index (χ2n) is 18.6. The molecule has 0 spiro atoms. The van der Waals surface area contributed by atoms with Gasteiger partial charge in [0.15, 0.2) is 44.1 Å². The van der Waals surface area contributed by atoms with Gasteiger partial charge in [-0.05, 0) is 104 Å². The third kappa shape index (κ3) is 6.27. The van der Waals surface area contributed by atoms with Gasteiger partial charge in [-0.25, -0.2) is 36.5 Å². The molecule has 0 atom stereocenters. The van der Waals surface area contributed by atoms with Crippen molar-refractivity contribution >= 4 is 87.2 Å². The van der Waals surface area contributed by atoms with Gasteiger partial charge in [0.05, 0.1) is 28.2 Å². The summed E-state index contributed by atoms with van der Waals surface area (Å²) in [4.78, 5) is 0. The van der Waals surface area contributed by atoms with Crippen LogP contribution in [0.2, 0.25) is 0 Å². The fourth-order valence-corrected chi connectivity index (χ4v) is 10.9. The molecule has 0 unspecified atom stereocenters. The average Bonchev–Trinajstić information content (AvgIpc) is 4.02. The van der Waals surface area contributed by atoms with Crippen molar-refractivity contribution in [1.29, 1.82) is 0 Å². The minimum atomic E-state index is 0.727. The Hall–Kier alpha value is -8.10. The molecule has 8 nitrogen and oxygen atoms in total. The predicted octanol–water partition coefficient (Wildman–Crippen LogP) is 9.61. The van der Waals surface area contributed by atoms with Crippen LogP contribution in [0.5, 0.6) is 0 Å². The van der Waals surface area contributed by atoms with Gasteiger partial charge in [0, 0.05) is 22.3 Å². The van der Waals surface area contributed by atoms with E-state index >= 15 is 0 Å². The normalized spacial score (nSPS) is 12.2. The smallest absolute Gasteiger partial charge is 0.233 e. The number of nitrogens with zero attached hydrogens (tertiary/aromatic N) is 8. The monoisotopic (exact) mass is 858 g/mol. The van der Waals surface area contributed by atoms with Gasteiger partial charge < -0.3 is 0 Å². The van der Waals surface area contributed by atoms with Crippen molar-refractivity contribution in [2.45, 2.75) is 26.2 Å². The Balaban J connectivity index is 1.03. The molecule has 0 saturated carbocycles. The van der Waals surface area contributed by atoms with Gasteiger partial charge in [-0.15, -0.1) is 0 Å². The highest BCUT2D eigenvalue weighted by Gasteiger charge is 2.25. The Bertz CT molecular complexity index is 3590. The van der Waals surface area contributed by atoms with E-state index in [1.807, 2.05) is 0 Å². The Morgan fingerprint density at radius 2 is 0.470 bits per heavy atom. The summed E-state index contributed by atoms with van der Waals surface area (Å²) in [5, 5.41) is 10.0. The molecule has 66 heavy (non-hydrogen) atoms. The van der Waals surface area contributed by atoms with Crippen molar-refractivity contribution in [3.63, 3.8) is 0 Å². The molecule has 0 N–H and O–H groups in total. The second-order valence-corrected chi connectivity index (χ2v) is 18.6. The highest BCUT2D eigenvalue weighted by molar-refractivity contribution is 5.97. The molecule has 0 radical (unpaired) electrons. The van der Waals surface area contributed by atoms with E-state index in [0.29, 0.717) is 0 Å². The molecule has 318 valence electrons. The molecule has 9 aromatic carbocycles. The van der Waals surface area contributed by atoms with E-state index in [1.54, 1.807) is 0 Å². The summed E-state index contributed by atoms with van der Waals surface area (Å²) in [5.74, 6) is 0. The Kier molecular flexibility index (Phi) is 8.56. The van der Waals surface area contributed by atoms with Gasteiger partial charge in [0.1, 0.15) is 26.2 Å². The fraction of sp³-hybridized carbons (Fsp3) is 0.138. The van der Waals surface area contributed by atoms with Crippen molar-refractivity contribution in [1.82, 2.24) is 18.3 Å². The van der Waals surface area contributed by atoms with Gasteiger partial charge in [0.2, 0.25) is 25.3 Å². The molecule has 0 aliphatic heterocycles. The molecule has 0 fully saturated rings. The highest BCUT2D eigenvalue weighted by atomic mass is 15.1. The number of imidazole rings is 4. The van der Waals surface area contributed by atoms with E-state index in [9.17, 15) is 0 Å². The lowest BCUT2D eigenvalue weighted by molar-refractivity contribution is -0.645. The standard InChI is InChI=1S/C58H50N8/c1-59-35-63(55-27-43-17-9-5-13-39(43)23-51(55)59)31-47-21-49(33-65-37-61(3)53-25-41-15-7-11-19-45(41)29-57(53)65)50(34-66-38-62(4)54-26-42-16-8-12-20-46(42)30-58(54)66)22-48(47)32-64-36-60(2)52-24-40-14-6-10-18-44(40)28-56(52)64/h5-30,35-38H,31-34H2,1-4H3/q+4. The number of hydrogen-bond donors (Lipinski definition) is 0. The van der Waals surface area contributed by atoms with Crippen LogP contribution in [-0.2, 0) is 54.4 Å². The maximum atomic E-state index is 2.53. The van der Waals surface area contributed by atoms with Crippen LogP contribution in [0.15, 0.2) is 183 Å². The van der Waals surface area contributed by atoms with Crippen LogP contribution in [0.1, 0.15) is 22.3 Å². The van der Waals surface area contributed by atoms with E-state index in [-0.39, 0.29) is 0 Å². The van der Waals surface area contributed by atoms with Crippen LogP contribution >= 0.6 is 0 Å². The Morgan fingerprint density at radius 1 is 0.273 bits per heavy atom. The number of rotatable bonds is 8. The third-order valence-corrected chi connectivity index (χ3v) is 14.3. The van der Waals surface area contributed by atoms with Gasteiger partial charge >= 0.3 is 0 Å². The third-order valence-electron chi connectivity index (χ3n) is 14.3. The summed E-state index contributed by atoms with van der Waals surface area (Å²) in [6, 6.07) is 58.7.